The summed E-state index contributed by atoms with van der Waals surface area (Å²) >= 11 is 0. The zero-order valence-corrected chi connectivity index (χ0v) is 12.8. The molecule has 3 aromatic rings. The summed E-state index contributed by atoms with van der Waals surface area (Å²) in [6, 6.07) is 6.24. The lowest BCUT2D eigenvalue weighted by Gasteiger charge is -2.10. The Kier molecular flexibility index (Phi) is 3.64. The number of aliphatic hydroxyl groups is 1. The number of aliphatic hydroxyl groups excluding tert-OH is 1. The number of para-hydroxylation sites is 1. The molecule has 3 rings (SSSR count). The fourth-order valence-electron chi connectivity index (χ4n) is 3.00. The summed E-state index contributed by atoms with van der Waals surface area (Å²) in [7, 11) is 0. The van der Waals surface area contributed by atoms with Gasteiger partial charge in [0.1, 0.15) is 11.3 Å². The molecule has 110 valence electrons. The standard InChI is InChI=1S/C17H21N3O/c1-4-6-14-19-16-12(3)18-15-11(2)7-5-8-13(15)17(16)20(14)9-10-21/h5,7-8,21H,4,6,9-10H2,1-3H3. The number of rotatable bonds is 4. The molecule has 1 aromatic carbocycles. The Bertz CT molecular complexity index is 805. The fourth-order valence-corrected chi connectivity index (χ4v) is 3.00. The summed E-state index contributed by atoms with van der Waals surface area (Å²) in [6.45, 7) is 6.95. The lowest BCUT2D eigenvalue weighted by molar-refractivity contribution is 0.276. The van der Waals surface area contributed by atoms with E-state index >= 15 is 0 Å². The van der Waals surface area contributed by atoms with Crippen LogP contribution in [0, 0.1) is 13.8 Å². The maximum absolute atomic E-state index is 9.42. The lowest BCUT2D eigenvalue weighted by Crippen LogP contribution is -2.07. The number of aromatic nitrogens is 3. The van der Waals surface area contributed by atoms with E-state index in [1.54, 1.807) is 0 Å². The molecule has 0 spiro atoms. The molecule has 2 aromatic heterocycles. The molecule has 0 aliphatic rings. The predicted octanol–water partition coefficient (Wildman–Crippen LogP) is 3.15. The quantitative estimate of drug-likeness (QED) is 0.800. The first kappa shape index (κ1) is 14.0. The Morgan fingerprint density at radius 1 is 1.14 bits per heavy atom. The number of hydrogen-bond donors (Lipinski definition) is 1. The molecule has 0 bridgehead atoms. The minimum Gasteiger partial charge on any atom is -0.395 e. The van der Waals surface area contributed by atoms with Crippen LogP contribution in [0.25, 0.3) is 21.9 Å². The first-order valence-corrected chi connectivity index (χ1v) is 7.53. The van der Waals surface area contributed by atoms with Gasteiger partial charge in [0.25, 0.3) is 0 Å². The van der Waals surface area contributed by atoms with Crippen LogP contribution in [-0.4, -0.2) is 26.2 Å². The van der Waals surface area contributed by atoms with E-state index in [1.165, 1.54) is 5.56 Å². The van der Waals surface area contributed by atoms with Crippen molar-refractivity contribution in [1.82, 2.24) is 14.5 Å². The Balaban J connectivity index is 2.45. The van der Waals surface area contributed by atoms with Crippen molar-refractivity contribution in [1.29, 1.82) is 0 Å². The van der Waals surface area contributed by atoms with Gasteiger partial charge in [-0.25, -0.2) is 4.98 Å². The molecular formula is C17H21N3O. The first-order valence-electron chi connectivity index (χ1n) is 7.53. The zero-order valence-electron chi connectivity index (χ0n) is 12.8. The molecule has 0 fully saturated rings. The van der Waals surface area contributed by atoms with E-state index in [1.807, 2.05) is 6.92 Å². The highest BCUT2D eigenvalue weighted by atomic mass is 16.3. The maximum Gasteiger partial charge on any atom is 0.111 e. The van der Waals surface area contributed by atoms with Gasteiger partial charge in [0.15, 0.2) is 0 Å². The number of pyridine rings is 1. The average molecular weight is 283 g/mol. The van der Waals surface area contributed by atoms with E-state index < -0.39 is 0 Å². The molecule has 0 unspecified atom stereocenters. The van der Waals surface area contributed by atoms with Gasteiger partial charge in [-0.1, -0.05) is 25.1 Å². The number of fused-ring (bicyclic) bond motifs is 3. The lowest BCUT2D eigenvalue weighted by atomic mass is 10.1. The monoisotopic (exact) mass is 283 g/mol. The van der Waals surface area contributed by atoms with Gasteiger partial charge < -0.3 is 9.67 Å². The van der Waals surface area contributed by atoms with E-state index in [4.69, 9.17) is 9.97 Å². The largest absolute Gasteiger partial charge is 0.395 e. The molecule has 0 saturated carbocycles. The highest BCUT2D eigenvalue weighted by Crippen LogP contribution is 2.29. The van der Waals surface area contributed by atoms with Crippen molar-refractivity contribution in [2.24, 2.45) is 0 Å². The van der Waals surface area contributed by atoms with Gasteiger partial charge in [-0.3, -0.25) is 4.98 Å². The molecule has 0 atom stereocenters. The highest BCUT2D eigenvalue weighted by Gasteiger charge is 2.16. The molecule has 1 N–H and O–H groups in total. The van der Waals surface area contributed by atoms with Gasteiger partial charge in [0, 0.05) is 18.4 Å². The fraction of sp³-hybridized carbons (Fsp3) is 0.412. The number of hydrogen-bond acceptors (Lipinski definition) is 3. The molecule has 0 aliphatic carbocycles. The molecule has 0 saturated heterocycles. The Hall–Kier alpha value is -1.94. The van der Waals surface area contributed by atoms with Crippen LogP contribution in [0.1, 0.15) is 30.4 Å². The third-order valence-corrected chi connectivity index (χ3v) is 3.96. The molecule has 0 aliphatic heterocycles. The Morgan fingerprint density at radius 2 is 1.95 bits per heavy atom. The topological polar surface area (TPSA) is 50.9 Å². The number of imidazole rings is 1. The minimum atomic E-state index is 0.122. The number of nitrogens with zero attached hydrogens (tertiary/aromatic N) is 3. The summed E-state index contributed by atoms with van der Waals surface area (Å²) in [5.41, 5.74) is 5.24. The Labute approximate surface area is 124 Å². The normalized spacial score (nSPS) is 11.6. The molecule has 4 heteroatoms. The van der Waals surface area contributed by atoms with Gasteiger partial charge >= 0.3 is 0 Å². The molecule has 21 heavy (non-hydrogen) atoms. The van der Waals surface area contributed by atoms with Gasteiger partial charge in [0.2, 0.25) is 0 Å². The highest BCUT2D eigenvalue weighted by molar-refractivity contribution is 6.04. The second-order valence-corrected chi connectivity index (χ2v) is 5.52. The molecule has 0 radical (unpaired) electrons. The number of benzene rings is 1. The van der Waals surface area contributed by atoms with Crippen LogP contribution in [0.3, 0.4) is 0 Å². The summed E-state index contributed by atoms with van der Waals surface area (Å²) in [5, 5.41) is 10.5. The summed E-state index contributed by atoms with van der Waals surface area (Å²) in [5.74, 6) is 1.04. The summed E-state index contributed by atoms with van der Waals surface area (Å²) in [6.07, 6.45) is 1.96. The van der Waals surface area contributed by atoms with Gasteiger partial charge in [-0.2, -0.15) is 0 Å². The average Bonchev–Trinajstić information content (AvgIpc) is 2.81. The van der Waals surface area contributed by atoms with Crippen molar-refractivity contribution in [3.63, 3.8) is 0 Å². The minimum absolute atomic E-state index is 0.122. The molecular weight excluding hydrogens is 262 g/mol. The van der Waals surface area contributed by atoms with E-state index in [0.717, 1.165) is 46.3 Å². The van der Waals surface area contributed by atoms with Crippen molar-refractivity contribution in [3.8, 4) is 0 Å². The van der Waals surface area contributed by atoms with E-state index in [9.17, 15) is 5.11 Å². The van der Waals surface area contributed by atoms with E-state index in [2.05, 4.69) is 36.6 Å². The van der Waals surface area contributed by atoms with E-state index in [-0.39, 0.29) is 6.61 Å². The first-order chi connectivity index (χ1) is 10.2. The van der Waals surface area contributed by atoms with Crippen molar-refractivity contribution < 1.29 is 5.11 Å². The third-order valence-electron chi connectivity index (χ3n) is 3.96. The molecule has 2 heterocycles. The van der Waals surface area contributed by atoms with Gasteiger partial charge in [-0.05, 0) is 25.8 Å². The van der Waals surface area contributed by atoms with Gasteiger partial charge in [-0.15, -0.1) is 0 Å². The smallest absolute Gasteiger partial charge is 0.111 e. The second-order valence-electron chi connectivity index (χ2n) is 5.52. The molecule has 4 nitrogen and oxygen atoms in total. The van der Waals surface area contributed by atoms with Crippen LogP contribution in [0.5, 0.6) is 0 Å². The van der Waals surface area contributed by atoms with Gasteiger partial charge in [0.05, 0.1) is 23.3 Å². The van der Waals surface area contributed by atoms with E-state index in [0.29, 0.717) is 6.54 Å². The zero-order chi connectivity index (χ0) is 15.0. The number of aryl methyl sites for hydroxylation is 3. The predicted molar refractivity (Wildman–Crippen MR) is 85.6 cm³/mol. The van der Waals surface area contributed by atoms with Crippen LogP contribution >= 0.6 is 0 Å². The SMILES string of the molecule is CCCc1nc2c(C)nc3c(C)cccc3c2n1CCO. The van der Waals surface area contributed by atoms with Crippen molar-refractivity contribution in [2.75, 3.05) is 6.61 Å². The van der Waals surface area contributed by atoms with Crippen LogP contribution < -0.4 is 0 Å². The summed E-state index contributed by atoms with van der Waals surface area (Å²) < 4.78 is 2.16. The van der Waals surface area contributed by atoms with Crippen LogP contribution in [-0.2, 0) is 13.0 Å². The van der Waals surface area contributed by atoms with Crippen LogP contribution in [0.15, 0.2) is 18.2 Å². The van der Waals surface area contributed by atoms with Crippen molar-refractivity contribution >= 4 is 21.9 Å². The Morgan fingerprint density at radius 3 is 2.67 bits per heavy atom. The maximum atomic E-state index is 9.42. The summed E-state index contributed by atoms with van der Waals surface area (Å²) in [4.78, 5) is 9.53. The third kappa shape index (κ3) is 2.20. The van der Waals surface area contributed by atoms with Crippen LogP contribution in [0.4, 0.5) is 0 Å². The van der Waals surface area contributed by atoms with Crippen LogP contribution in [0.2, 0.25) is 0 Å². The van der Waals surface area contributed by atoms with Crippen molar-refractivity contribution in [2.45, 2.75) is 40.2 Å². The van der Waals surface area contributed by atoms with Crippen molar-refractivity contribution in [3.05, 3.63) is 35.3 Å². The molecule has 0 amide bonds. The second kappa shape index (κ2) is 5.45.